The fraction of sp³-hybridized carbons (Fsp3) is 0.571. The van der Waals surface area contributed by atoms with Crippen LogP contribution in [0.3, 0.4) is 0 Å². The lowest BCUT2D eigenvalue weighted by atomic mass is 9.86. The normalized spacial score (nSPS) is 23.7. The Morgan fingerprint density at radius 3 is 2.78 bits per heavy atom. The van der Waals surface area contributed by atoms with Crippen molar-refractivity contribution in [3.63, 3.8) is 0 Å². The van der Waals surface area contributed by atoms with Crippen molar-refractivity contribution in [2.75, 3.05) is 5.73 Å². The first-order valence-corrected chi connectivity index (χ1v) is 6.61. The van der Waals surface area contributed by atoms with Gasteiger partial charge in [0.2, 0.25) is 0 Å². The number of hydrogen-bond acceptors (Lipinski definition) is 3. The summed E-state index contributed by atoms with van der Waals surface area (Å²) in [6.45, 7) is 4.05. The Hall–Kier alpha value is -1.58. The van der Waals surface area contributed by atoms with Gasteiger partial charge in [-0.1, -0.05) is 19.8 Å². The molecule has 0 radical (unpaired) electrons. The summed E-state index contributed by atoms with van der Waals surface area (Å²) >= 11 is 0. The number of nitrogen functional groups attached to an aromatic ring is 1. The van der Waals surface area contributed by atoms with Crippen LogP contribution in [-0.4, -0.2) is 16.9 Å². The van der Waals surface area contributed by atoms with Crippen molar-refractivity contribution >= 4 is 11.7 Å². The molecule has 1 aliphatic carbocycles. The molecule has 1 heterocycles. The monoisotopic (exact) mass is 247 g/mol. The zero-order chi connectivity index (χ0) is 13.1. The van der Waals surface area contributed by atoms with Crippen molar-refractivity contribution in [1.29, 1.82) is 0 Å². The van der Waals surface area contributed by atoms with Gasteiger partial charge in [-0.2, -0.15) is 0 Å². The van der Waals surface area contributed by atoms with E-state index in [4.69, 9.17) is 5.73 Å². The minimum Gasteiger partial charge on any atom is -0.384 e. The third kappa shape index (κ3) is 3.00. The molecule has 2 unspecified atom stereocenters. The molecule has 1 aromatic rings. The Morgan fingerprint density at radius 1 is 1.39 bits per heavy atom. The van der Waals surface area contributed by atoms with Gasteiger partial charge in [0.1, 0.15) is 5.82 Å². The topological polar surface area (TPSA) is 68.0 Å². The Morgan fingerprint density at radius 2 is 2.11 bits per heavy atom. The predicted molar refractivity (Wildman–Crippen MR) is 72.3 cm³/mol. The van der Waals surface area contributed by atoms with E-state index in [0.717, 1.165) is 12.1 Å². The molecule has 0 saturated heterocycles. The summed E-state index contributed by atoms with van der Waals surface area (Å²) in [6, 6.07) is 3.70. The number of anilines is 1. The molecule has 1 fully saturated rings. The summed E-state index contributed by atoms with van der Waals surface area (Å²) in [7, 11) is 0. The van der Waals surface area contributed by atoms with E-state index in [1.54, 1.807) is 12.1 Å². The van der Waals surface area contributed by atoms with E-state index in [9.17, 15) is 4.79 Å². The second-order valence-electron chi connectivity index (χ2n) is 5.26. The van der Waals surface area contributed by atoms with E-state index in [1.165, 1.54) is 19.3 Å². The first-order chi connectivity index (χ1) is 8.56. The predicted octanol–water partition coefficient (Wildman–Crippen LogP) is 2.28. The molecule has 0 aliphatic heterocycles. The summed E-state index contributed by atoms with van der Waals surface area (Å²) in [5.41, 5.74) is 7.05. The number of pyridine rings is 1. The van der Waals surface area contributed by atoms with Crippen LogP contribution >= 0.6 is 0 Å². The van der Waals surface area contributed by atoms with E-state index >= 15 is 0 Å². The van der Waals surface area contributed by atoms with E-state index in [2.05, 4.69) is 17.2 Å². The lowest BCUT2D eigenvalue weighted by molar-refractivity contribution is 0.0910. The quantitative estimate of drug-likeness (QED) is 0.842. The van der Waals surface area contributed by atoms with Crippen LogP contribution in [0.25, 0.3) is 0 Å². The maximum Gasteiger partial charge on any atom is 0.251 e. The third-order valence-corrected chi connectivity index (χ3v) is 3.66. The van der Waals surface area contributed by atoms with Crippen LogP contribution in [0.2, 0.25) is 0 Å². The summed E-state index contributed by atoms with van der Waals surface area (Å²) in [5.74, 6) is 0.922. The van der Waals surface area contributed by atoms with Gasteiger partial charge in [0.05, 0.1) is 0 Å². The summed E-state index contributed by atoms with van der Waals surface area (Å²) in [6.07, 6.45) is 4.75. The van der Waals surface area contributed by atoms with Gasteiger partial charge in [-0.15, -0.1) is 0 Å². The van der Waals surface area contributed by atoms with Gasteiger partial charge in [0.25, 0.3) is 5.91 Å². The largest absolute Gasteiger partial charge is 0.384 e. The Kier molecular flexibility index (Phi) is 3.84. The van der Waals surface area contributed by atoms with Crippen LogP contribution < -0.4 is 11.1 Å². The fourth-order valence-electron chi connectivity index (χ4n) is 2.61. The molecule has 4 nitrogen and oxygen atoms in total. The highest BCUT2D eigenvalue weighted by molar-refractivity contribution is 5.95. The molecule has 18 heavy (non-hydrogen) atoms. The van der Waals surface area contributed by atoms with Crippen LogP contribution in [0, 0.1) is 12.8 Å². The highest BCUT2D eigenvalue weighted by atomic mass is 16.1. The number of aryl methyl sites for hydroxylation is 1. The molecule has 3 N–H and O–H groups in total. The first kappa shape index (κ1) is 12.9. The molecule has 1 aromatic heterocycles. The number of rotatable bonds is 2. The third-order valence-electron chi connectivity index (χ3n) is 3.66. The molecule has 0 bridgehead atoms. The molecular formula is C14H21N3O. The van der Waals surface area contributed by atoms with Crippen molar-refractivity contribution in [2.24, 2.45) is 5.92 Å². The van der Waals surface area contributed by atoms with E-state index < -0.39 is 0 Å². The molecule has 0 aromatic carbocycles. The van der Waals surface area contributed by atoms with Gasteiger partial charge in [-0.3, -0.25) is 4.79 Å². The Bertz CT molecular complexity index is 424. The molecule has 1 saturated carbocycles. The van der Waals surface area contributed by atoms with Gasteiger partial charge >= 0.3 is 0 Å². The van der Waals surface area contributed by atoms with Crippen LogP contribution in [0.15, 0.2) is 12.1 Å². The minimum atomic E-state index is -0.0362. The number of amides is 1. The second kappa shape index (κ2) is 5.38. The molecule has 4 heteroatoms. The molecule has 1 amide bonds. The number of nitrogens with one attached hydrogen (secondary N) is 1. The van der Waals surface area contributed by atoms with Gasteiger partial charge in [0.15, 0.2) is 0 Å². The van der Waals surface area contributed by atoms with Crippen molar-refractivity contribution in [3.05, 3.63) is 23.4 Å². The molecule has 1 aliphatic rings. The average molecular weight is 247 g/mol. The number of aromatic nitrogens is 1. The van der Waals surface area contributed by atoms with Gasteiger partial charge in [-0.25, -0.2) is 4.98 Å². The second-order valence-corrected chi connectivity index (χ2v) is 5.26. The molecular weight excluding hydrogens is 226 g/mol. The summed E-state index contributed by atoms with van der Waals surface area (Å²) < 4.78 is 0. The van der Waals surface area contributed by atoms with Crippen molar-refractivity contribution in [1.82, 2.24) is 10.3 Å². The van der Waals surface area contributed by atoms with Crippen molar-refractivity contribution in [3.8, 4) is 0 Å². The minimum absolute atomic E-state index is 0.0362. The fourth-order valence-corrected chi connectivity index (χ4v) is 2.61. The van der Waals surface area contributed by atoms with Crippen LogP contribution in [-0.2, 0) is 0 Å². The number of nitrogens with two attached hydrogens (primary N) is 1. The molecule has 98 valence electrons. The smallest absolute Gasteiger partial charge is 0.251 e. The van der Waals surface area contributed by atoms with E-state index in [0.29, 0.717) is 23.3 Å². The Labute approximate surface area is 108 Å². The van der Waals surface area contributed by atoms with E-state index in [-0.39, 0.29) is 5.91 Å². The molecule has 0 spiro atoms. The summed E-state index contributed by atoms with van der Waals surface area (Å²) in [4.78, 5) is 16.2. The summed E-state index contributed by atoms with van der Waals surface area (Å²) in [5, 5.41) is 3.12. The molecule has 2 rings (SSSR count). The average Bonchev–Trinajstić information content (AvgIpc) is 2.31. The van der Waals surface area contributed by atoms with Crippen molar-refractivity contribution < 1.29 is 4.79 Å². The van der Waals surface area contributed by atoms with Crippen molar-refractivity contribution in [2.45, 2.75) is 45.6 Å². The lowest BCUT2D eigenvalue weighted by Gasteiger charge is -2.29. The zero-order valence-corrected chi connectivity index (χ0v) is 11.1. The highest BCUT2D eigenvalue weighted by Crippen LogP contribution is 2.24. The van der Waals surface area contributed by atoms with Gasteiger partial charge < -0.3 is 11.1 Å². The van der Waals surface area contributed by atoms with Crippen LogP contribution in [0.1, 0.15) is 48.7 Å². The number of carbonyl (C=O) groups is 1. The molecule has 2 atom stereocenters. The number of carbonyl (C=O) groups excluding carboxylic acids is 1. The number of nitrogens with zero attached hydrogens (tertiary/aromatic N) is 1. The maximum absolute atomic E-state index is 12.2. The number of hydrogen-bond donors (Lipinski definition) is 2. The van der Waals surface area contributed by atoms with Gasteiger partial charge in [-0.05, 0) is 37.8 Å². The maximum atomic E-state index is 12.2. The highest BCUT2D eigenvalue weighted by Gasteiger charge is 2.23. The SMILES string of the molecule is Cc1cc(C(=O)NC2CCCCC2C)cc(N)n1. The standard InChI is InChI=1S/C14H21N3O/c1-9-5-3-4-6-12(9)17-14(18)11-7-10(2)16-13(15)8-11/h7-9,12H,3-6H2,1-2H3,(H2,15,16)(H,17,18). The van der Waals surface area contributed by atoms with E-state index in [1.807, 2.05) is 6.92 Å². The van der Waals surface area contributed by atoms with Crippen LogP contribution in [0.5, 0.6) is 0 Å². The Balaban J connectivity index is 2.06. The van der Waals surface area contributed by atoms with Gasteiger partial charge in [0, 0.05) is 17.3 Å². The first-order valence-electron chi connectivity index (χ1n) is 6.61. The lowest BCUT2D eigenvalue weighted by Crippen LogP contribution is -2.41. The van der Waals surface area contributed by atoms with Crippen LogP contribution in [0.4, 0.5) is 5.82 Å². The zero-order valence-electron chi connectivity index (χ0n) is 11.1.